The average molecular weight is 256 g/mol. The molecular weight excluding hydrogens is 224 g/mol. The minimum Gasteiger partial charge on any atom is -0.384 e. The summed E-state index contributed by atoms with van der Waals surface area (Å²) in [5.41, 5.74) is 0. The van der Waals surface area contributed by atoms with Crippen LogP contribution in [0.5, 0.6) is 0 Å². The Hall–Kier alpha value is -0.120. The van der Waals surface area contributed by atoms with Gasteiger partial charge in [-0.1, -0.05) is 13.8 Å². The van der Waals surface area contributed by atoms with Gasteiger partial charge in [0.2, 0.25) is 0 Å². The summed E-state index contributed by atoms with van der Waals surface area (Å²) in [5, 5.41) is 3.54. The van der Waals surface area contributed by atoms with E-state index in [-0.39, 0.29) is 0 Å². The molecule has 0 aromatic carbocycles. The molecule has 1 rings (SSSR count). The van der Waals surface area contributed by atoms with Gasteiger partial charge in [0.05, 0.1) is 0 Å². The van der Waals surface area contributed by atoms with E-state index in [2.05, 4.69) is 31.0 Å². The van der Waals surface area contributed by atoms with Crippen LogP contribution in [0.25, 0.3) is 0 Å². The second-order valence-electron chi connectivity index (χ2n) is 5.86. The Kier molecular flexibility index (Phi) is 7.87. The number of nitrogens with one attached hydrogen (secondary N) is 1. The second kappa shape index (κ2) is 8.89. The van der Waals surface area contributed by atoms with Gasteiger partial charge >= 0.3 is 0 Å². The van der Waals surface area contributed by atoms with Gasteiger partial charge < -0.3 is 15.0 Å². The average Bonchev–Trinajstić information content (AvgIpc) is 2.39. The second-order valence-corrected chi connectivity index (χ2v) is 5.86. The number of hydrogen-bond donors (Lipinski definition) is 1. The zero-order valence-electron chi connectivity index (χ0n) is 12.7. The SMILES string of the molecule is CCCNCC(C)C(C)N1CCC(COC)CC1. The molecule has 1 saturated heterocycles. The molecule has 2 unspecified atom stereocenters. The first-order valence-electron chi connectivity index (χ1n) is 7.62. The first kappa shape index (κ1) is 15.9. The van der Waals surface area contributed by atoms with Crippen LogP contribution in [0.1, 0.15) is 40.0 Å². The fourth-order valence-electron chi connectivity index (χ4n) is 2.80. The molecule has 0 aliphatic carbocycles. The number of rotatable bonds is 8. The van der Waals surface area contributed by atoms with Crippen LogP contribution in [-0.2, 0) is 4.74 Å². The van der Waals surface area contributed by atoms with E-state index in [1.807, 2.05) is 7.11 Å². The van der Waals surface area contributed by atoms with Gasteiger partial charge in [-0.2, -0.15) is 0 Å². The van der Waals surface area contributed by atoms with Gasteiger partial charge in [0, 0.05) is 19.8 Å². The lowest BCUT2D eigenvalue weighted by atomic mass is 9.94. The smallest absolute Gasteiger partial charge is 0.0491 e. The number of hydrogen-bond acceptors (Lipinski definition) is 3. The monoisotopic (exact) mass is 256 g/mol. The summed E-state index contributed by atoms with van der Waals surface area (Å²) >= 11 is 0. The van der Waals surface area contributed by atoms with Crippen molar-refractivity contribution in [3.8, 4) is 0 Å². The maximum atomic E-state index is 5.26. The van der Waals surface area contributed by atoms with Crippen molar-refractivity contribution in [1.82, 2.24) is 10.2 Å². The van der Waals surface area contributed by atoms with E-state index in [4.69, 9.17) is 4.74 Å². The molecule has 1 fully saturated rings. The molecule has 1 aliphatic heterocycles. The third-order valence-corrected chi connectivity index (χ3v) is 4.34. The molecule has 18 heavy (non-hydrogen) atoms. The van der Waals surface area contributed by atoms with Crippen LogP contribution < -0.4 is 5.32 Å². The van der Waals surface area contributed by atoms with E-state index < -0.39 is 0 Å². The lowest BCUT2D eigenvalue weighted by Crippen LogP contribution is -2.45. The normalized spacial score (nSPS) is 22.0. The summed E-state index contributed by atoms with van der Waals surface area (Å²) in [6.07, 6.45) is 3.82. The van der Waals surface area contributed by atoms with Crippen molar-refractivity contribution < 1.29 is 4.74 Å². The third-order valence-electron chi connectivity index (χ3n) is 4.34. The number of likely N-dealkylation sites (tertiary alicyclic amines) is 1. The standard InChI is InChI=1S/C15H32N2O/c1-5-8-16-11-13(2)14(3)17-9-6-15(7-10-17)12-18-4/h13-16H,5-12H2,1-4H3. The predicted molar refractivity (Wildman–Crippen MR) is 78.0 cm³/mol. The maximum absolute atomic E-state index is 5.26. The summed E-state index contributed by atoms with van der Waals surface area (Å²) in [7, 11) is 1.82. The molecule has 2 atom stereocenters. The van der Waals surface area contributed by atoms with Crippen LogP contribution in [-0.4, -0.2) is 50.8 Å². The van der Waals surface area contributed by atoms with Crippen molar-refractivity contribution in [2.75, 3.05) is 39.9 Å². The van der Waals surface area contributed by atoms with Crippen molar-refractivity contribution in [1.29, 1.82) is 0 Å². The van der Waals surface area contributed by atoms with Crippen molar-refractivity contribution in [3.05, 3.63) is 0 Å². The third kappa shape index (κ3) is 5.25. The minimum atomic E-state index is 0.692. The molecule has 0 amide bonds. The Morgan fingerprint density at radius 1 is 1.28 bits per heavy atom. The molecular formula is C15H32N2O. The Morgan fingerprint density at radius 2 is 1.94 bits per heavy atom. The maximum Gasteiger partial charge on any atom is 0.0491 e. The van der Waals surface area contributed by atoms with Crippen LogP contribution in [0.15, 0.2) is 0 Å². The van der Waals surface area contributed by atoms with Crippen molar-refractivity contribution >= 4 is 0 Å². The van der Waals surface area contributed by atoms with Gasteiger partial charge in [0.15, 0.2) is 0 Å². The zero-order chi connectivity index (χ0) is 13.4. The largest absolute Gasteiger partial charge is 0.384 e. The highest BCUT2D eigenvalue weighted by atomic mass is 16.5. The molecule has 3 nitrogen and oxygen atoms in total. The highest BCUT2D eigenvalue weighted by Crippen LogP contribution is 2.21. The zero-order valence-corrected chi connectivity index (χ0v) is 12.7. The molecule has 0 bridgehead atoms. The summed E-state index contributed by atoms with van der Waals surface area (Å²) in [4.78, 5) is 2.66. The van der Waals surface area contributed by atoms with Crippen molar-refractivity contribution in [3.63, 3.8) is 0 Å². The molecule has 0 aromatic rings. The summed E-state index contributed by atoms with van der Waals surface area (Å²) in [6.45, 7) is 12.7. The number of ether oxygens (including phenoxy) is 1. The van der Waals surface area contributed by atoms with Crippen molar-refractivity contribution in [2.24, 2.45) is 11.8 Å². The lowest BCUT2D eigenvalue weighted by molar-refractivity contribution is 0.0695. The first-order chi connectivity index (χ1) is 8.69. The molecule has 0 aromatic heterocycles. The fraction of sp³-hybridized carbons (Fsp3) is 1.00. The first-order valence-corrected chi connectivity index (χ1v) is 7.62. The van der Waals surface area contributed by atoms with E-state index in [9.17, 15) is 0 Å². The Bertz CT molecular complexity index is 203. The van der Waals surface area contributed by atoms with Crippen LogP contribution in [0.4, 0.5) is 0 Å². The number of piperidine rings is 1. The van der Waals surface area contributed by atoms with Gasteiger partial charge in [-0.15, -0.1) is 0 Å². The van der Waals surface area contributed by atoms with Crippen LogP contribution in [0.2, 0.25) is 0 Å². The topological polar surface area (TPSA) is 24.5 Å². The molecule has 1 heterocycles. The quantitative estimate of drug-likeness (QED) is 0.675. The Morgan fingerprint density at radius 3 is 2.50 bits per heavy atom. The van der Waals surface area contributed by atoms with Gasteiger partial charge in [-0.3, -0.25) is 0 Å². The molecule has 0 radical (unpaired) electrons. The van der Waals surface area contributed by atoms with E-state index in [1.165, 1.54) is 32.4 Å². The van der Waals surface area contributed by atoms with E-state index >= 15 is 0 Å². The molecule has 1 aliphatic rings. The molecule has 0 saturated carbocycles. The van der Waals surface area contributed by atoms with Gasteiger partial charge in [-0.25, -0.2) is 0 Å². The molecule has 108 valence electrons. The van der Waals surface area contributed by atoms with Gasteiger partial charge in [0.25, 0.3) is 0 Å². The summed E-state index contributed by atoms with van der Waals surface area (Å²) < 4.78 is 5.26. The van der Waals surface area contributed by atoms with Gasteiger partial charge in [-0.05, 0) is 64.2 Å². The van der Waals surface area contributed by atoms with E-state index in [0.29, 0.717) is 6.04 Å². The van der Waals surface area contributed by atoms with Crippen LogP contribution in [0, 0.1) is 11.8 Å². The summed E-state index contributed by atoms with van der Waals surface area (Å²) in [6, 6.07) is 0.692. The predicted octanol–water partition coefficient (Wildman–Crippen LogP) is 2.37. The number of methoxy groups -OCH3 is 1. The van der Waals surface area contributed by atoms with Crippen LogP contribution in [0.3, 0.4) is 0 Å². The Balaban J connectivity index is 2.23. The van der Waals surface area contributed by atoms with E-state index in [1.54, 1.807) is 0 Å². The van der Waals surface area contributed by atoms with E-state index in [0.717, 1.165) is 31.5 Å². The highest BCUT2D eigenvalue weighted by Gasteiger charge is 2.25. The molecule has 0 spiro atoms. The Labute approximate surface area is 113 Å². The molecule has 3 heteroatoms. The molecule has 1 N–H and O–H groups in total. The number of nitrogens with zero attached hydrogens (tertiary/aromatic N) is 1. The van der Waals surface area contributed by atoms with Crippen LogP contribution >= 0.6 is 0 Å². The summed E-state index contributed by atoms with van der Waals surface area (Å²) in [5.74, 6) is 1.52. The fourth-order valence-corrected chi connectivity index (χ4v) is 2.80. The van der Waals surface area contributed by atoms with Gasteiger partial charge in [0.1, 0.15) is 0 Å². The minimum absolute atomic E-state index is 0.692. The highest BCUT2D eigenvalue weighted by molar-refractivity contribution is 4.79. The van der Waals surface area contributed by atoms with Crippen molar-refractivity contribution in [2.45, 2.75) is 46.1 Å². The lowest BCUT2D eigenvalue weighted by Gasteiger charge is -2.38.